The fraction of sp³-hybridized carbons (Fsp3) is 0.929. The number of hydrogen-bond donors (Lipinski definition) is 2. The van der Waals surface area contributed by atoms with Crippen molar-refractivity contribution in [1.82, 2.24) is 5.32 Å². The van der Waals surface area contributed by atoms with E-state index in [9.17, 15) is 4.79 Å². The van der Waals surface area contributed by atoms with Gasteiger partial charge < -0.3 is 11.1 Å². The van der Waals surface area contributed by atoms with Gasteiger partial charge in [0.15, 0.2) is 0 Å². The van der Waals surface area contributed by atoms with Gasteiger partial charge in [0, 0.05) is 12.0 Å². The minimum atomic E-state index is 0.192. The van der Waals surface area contributed by atoms with Gasteiger partial charge in [0.1, 0.15) is 0 Å². The van der Waals surface area contributed by atoms with Crippen LogP contribution in [-0.2, 0) is 4.79 Å². The topological polar surface area (TPSA) is 55.1 Å². The molecule has 0 radical (unpaired) electrons. The first-order valence-electron chi connectivity index (χ1n) is 7.21. The number of nitrogens with one attached hydrogen (secondary N) is 1. The summed E-state index contributed by atoms with van der Waals surface area (Å²) in [5.74, 6) is 1.66. The molecule has 2 fully saturated rings. The first kappa shape index (κ1) is 12.9. The Hall–Kier alpha value is -0.570. The molecule has 3 nitrogen and oxygen atoms in total. The number of carbonyl (C=O) groups is 1. The van der Waals surface area contributed by atoms with Crippen LogP contribution >= 0.6 is 0 Å². The highest BCUT2D eigenvalue weighted by molar-refractivity contribution is 5.79. The van der Waals surface area contributed by atoms with Gasteiger partial charge in [-0.15, -0.1) is 0 Å². The molecule has 98 valence electrons. The van der Waals surface area contributed by atoms with Crippen LogP contribution in [0.1, 0.15) is 51.9 Å². The predicted octanol–water partition coefficient (Wildman–Crippen LogP) is 2.06. The molecule has 0 spiro atoms. The second-order valence-corrected chi connectivity index (χ2v) is 6.01. The summed E-state index contributed by atoms with van der Waals surface area (Å²) < 4.78 is 0. The fourth-order valence-corrected chi connectivity index (χ4v) is 3.54. The fourth-order valence-electron chi connectivity index (χ4n) is 3.54. The lowest BCUT2D eigenvalue weighted by molar-refractivity contribution is -0.127. The highest BCUT2D eigenvalue weighted by atomic mass is 16.2. The van der Waals surface area contributed by atoms with Crippen LogP contribution in [0.3, 0.4) is 0 Å². The molecule has 3 heteroatoms. The van der Waals surface area contributed by atoms with Crippen LogP contribution < -0.4 is 11.1 Å². The van der Waals surface area contributed by atoms with Crippen molar-refractivity contribution in [2.75, 3.05) is 6.54 Å². The van der Waals surface area contributed by atoms with Crippen LogP contribution in [-0.4, -0.2) is 18.5 Å². The third-order valence-corrected chi connectivity index (χ3v) is 4.58. The van der Waals surface area contributed by atoms with Crippen LogP contribution in [0.2, 0.25) is 0 Å². The van der Waals surface area contributed by atoms with Gasteiger partial charge in [-0.3, -0.25) is 4.79 Å². The smallest absolute Gasteiger partial charge is 0.223 e. The van der Waals surface area contributed by atoms with Gasteiger partial charge in [-0.2, -0.15) is 0 Å². The van der Waals surface area contributed by atoms with Gasteiger partial charge in [-0.25, -0.2) is 0 Å². The molecule has 1 amide bonds. The molecule has 0 saturated heterocycles. The van der Waals surface area contributed by atoms with Gasteiger partial charge in [-0.05, 0) is 44.1 Å². The van der Waals surface area contributed by atoms with Crippen molar-refractivity contribution in [3.63, 3.8) is 0 Å². The van der Waals surface area contributed by atoms with Crippen molar-refractivity contribution in [3.8, 4) is 0 Å². The van der Waals surface area contributed by atoms with E-state index in [4.69, 9.17) is 5.73 Å². The van der Waals surface area contributed by atoms with Crippen molar-refractivity contribution in [1.29, 1.82) is 0 Å². The molecule has 3 N–H and O–H groups in total. The van der Waals surface area contributed by atoms with Gasteiger partial charge >= 0.3 is 0 Å². The van der Waals surface area contributed by atoms with Crippen LogP contribution in [0.5, 0.6) is 0 Å². The SMILES string of the molecule is CC1CCCC(NC(=O)C2CCCC2CN)C1. The molecule has 0 aromatic heterocycles. The Bertz CT molecular complexity index is 267. The van der Waals surface area contributed by atoms with Crippen LogP contribution in [0, 0.1) is 17.8 Å². The van der Waals surface area contributed by atoms with Crippen molar-refractivity contribution >= 4 is 5.91 Å². The van der Waals surface area contributed by atoms with Gasteiger partial charge in [0.25, 0.3) is 0 Å². The molecular formula is C14H26N2O. The predicted molar refractivity (Wildman–Crippen MR) is 69.4 cm³/mol. The standard InChI is InChI=1S/C14H26N2O/c1-10-4-2-6-12(8-10)16-14(17)13-7-3-5-11(13)9-15/h10-13H,2-9,15H2,1H3,(H,16,17). The molecule has 2 rings (SSSR count). The van der Waals surface area contributed by atoms with Crippen molar-refractivity contribution in [2.24, 2.45) is 23.5 Å². The average molecular weight is 238 g/mol. The maximum Gasteiger partial charge on any atom is 0.223 e. The van der Waals surface area contributed by atoms with E-state index in [1.54, 1.807) is 0 Å². The number of hydrogen-bond acceptors (Lipinski definition) is 2. The van der Waals surface area contributed by atoms with E-state index < -0.39 is 0 Å². The van der Waals surface area contributed by atoms with Crippen molar-refractivity contribution in [2.45, 2.75) is 57.9 Å². The zero-order chi connectivity index (χ0) is 12.3. The summed E-state index contributed by atoms with van der Waals surface area (Å²) >= 11 is 0. The molecule has 0 aromatic carbocycles. The molecule has 4 unspecified atom stereocenters. The Kier molecular flexibility index (Phi) is 4.43. The third kappa shape index (κ3) is 3.21. The van der Waals surface area contributed by atoms with E-state index in [2.05, 4.69) is 12.2 Å². The zero-order valence-corrected chi connectivity index (χ0v) is 11.0. The Morgan fingerprint density at radius 3 is 2.71 bits per heavy atom. The lowest BCUT2D eigenvalue weighted by Crippen LogP contribution is -2.43. The van der Waals surface area contributed by atoms with E-state index in [0.29, 0.717) is 18.5 Å². The van der Waals surface area contributed by atoms with Crippen LogP contribution in [0.25, 0.3) is 0 Å². The first-order valence-corrected chi connectivity index (χ1v) is 7.21. The lowest BCUT2D eigenvalue weighted by Gasteiger charge is -2.29. The van der Waals surface area contributed by atoms with Crippen molar-refractivity contribution < 1.29 is 4.79 Å². The van der Waals surface area contributed by atoms with E-state index in [-0.39, 0.29) is 11.8 Å². The second kappa shape index (κ2) is 5.85. The Labute approximate surface area is 105 Å². The maximum absolute atomic E-state index is 12.2. The van der Waals surface area contributed by atoms with Crippen LogP contribution in [0.15, 0.2) is 0 Å². The van der Waals surface area contributed by atoms with E-state index >= 15 is 0 Å². The highest BCUT2D eigenvalue weighted by Crippen LogP contribution is 2.32. The van der Waals surface area contributed by atoms with Crippen LogP contribution in [0.4, 0.5) is 0 Å². The maximum atomic E-state index is 12.2. The minimum absolute atomic E-state index is 0.192. The summed E-state index contributed by atoms with van der Waals surface area (Å²) in [5, 5.41) is 3.26. The summed E-state index contributed by atoms with van der Waals surface area (Å²) in [6, 6.07) is 0.422. The lowest BCUT2D eigenvalue weighted by atomic mass is 9.86. The molecule has 0 bridgehead atoms. The number of carbonyl (C=O) groups excluding carboxylic acids is 1. The van der Waals surface area contributed by atoms with Crippen molar-refractivity contribution in [3.05, 3.63) is 0 Å². The van der Waals surface area contributed by atoms with E-state index in [1.165, 1.54) is 19.3 Å². The van der Waals surface area contributed by atoms with Gasteiger partial charge in [0.05, 0.1) is 0 Å². The number of amides is 1. The molecule has 2 saturated carbocycles. The molecule has 4 atom stereocenters. The monoisotopic (exact) mass is 238 g/mol. The minimum Gasteiger partial charge on any atom is -0.353 e. The Morgan fingerprint density at radius 2 is 2.00 bits per heavy atom. The van der Waals surface area contributed by atoms with E-state index in [1.807, 2.05) is 0 Å². The molecular weight excluding hydrogens is 212 g/mol. The summed E-state index contributed by atoms with van der Waals surface area (Å²) in [6.45, 7) is 2.95. The quantitative estimate of drug-likeness (QED) is 0.790. The average Bonchev–Trinajstić information content (AvgIpc) is 2.77. The summed E-state index contributed by atoms with van der Waals surface area (Å²) in [7, 11) is 0. The molecule has 2 aliphatic rings. The molecule has 2 aliphatic carbocycles. The van der Waals surface area contributed by atoms with Gasteiger partial charge in [-0.1, -0.05) is 26.2 Å². The van der Waals surface area contributed by atoms with Gasteiger partial charge in [0.2, 0.25) is 5.91 Å². The Balaban J connectivity index is 1.83. The molecule has 17 heavy (non-hydrogen) atoms. The summed E-state index contributed by atoms with van der Waals surface area (Å²) in [4.78, 5) is 12.2. The number of nitrogens with two attached hydrogens (primary N) is 1. The molecule has 0 aromatic rings. The second-order valence-electron chi connectivity index (χ2n) is 6.01. The normalized spacial score (nSPS) is 38.0. The number of rotatable bonds is 3. The zero-order valence-electron chi connectivity index (χ0n) is 11.0. The summed E-state index contributed by atoms with van der Waals surface area (Å²) in [6.07, 6.45) is 8.24. The highest BCUT2D eigenvalue weighted by Gasteiger charge is 2.33. The largest absolute Gasteiger partial charge is 0.353 e. The molecule has 0 heterocycles. The molecule has 0 aliphatic heterocycles. The Morgan fingerprint density at radius 1 is 1.24 bits per heavy atom. The van der Waals surface area contributed by atoms with E-state index in [0.717, 1.165) is 31.6 Å². The summed E-state index contributed by atoms with van der Waals surface area (Å²) in [5.41, 5.74) is 5.74. The third-order valence-electron chi connectivity index (χ3n) is 4.58. The first-order chi connectivity index (χ1) is 8.20.